The predicted octanol–water partition coefficient (Wildman–Crippen LogP) is -1.12. The van der Waals surface area contributed by atoms with Gasteiger partial charge in [-0.3, -0.25) is 35.6 Å². The molecule has 1 aromatic rings. The molecule has 0 saturated carbocycles. The van der Waals surface area contributed by atoms with Crippen molar-refractivity contribution in [2.75, 3.05) is 33.0 Å². The van der Waals surface area contributed by atoms with Crippen molar-refractivity contribution in [3.05, 3.63) is 34.3 Å². The second kappa shape index (κ2) is 13.7. The van der Waals surface area contributed by atoms with Crippen LogP contribution in [0.3, 0.4) is 0 Å². The van der Waals surface area contributed by atoms with Gasteiger partial charge in [0.1, 0.15) is 18.3 Å². The Kier molecular flexibility index (Phi) is 10.6. The maximum absolute atomic E-state index is 13.9. The molecule has 2 fully saturated rings. The van der Waals surface area contributed by atoms with Crippen molar-refractivity contribution >= 4 is 45.4 Å². The lowest BCUT2D eigenvalue weighted by atomic mass is 9.87. The molecule has 208 valence electrons. The molecule has 0 radical (unpaired) electrons. The highest BCUT2D eigenvalue weighted by molar-refractivity contribution is 9.10. The first kappa shape index (κ1) is 29.5. The van der Waals surface area contributed by atoms with Gasteiger partial charge in [-0.05, 0) is 49.9 Å². The van der Waals surface area contributed by atoms with E-state index in [1.165, 1.54) is 4.90 Å². The SMILES string of the molecule is NC(N)=[NH+]CCC[C@H](NC(=O)[C@@H]1CCCN1C(=O)C1(NC(=O)c2ccc(Br)cc2)CCOCC1)C(=O)CF. The quantitative estimate of drug-likeness (QED) is 0.122. The van der Waals surface area contributed by atoms with Crippen molar-refractivity contribution in [1.82, 2.24) is 15.5 Å². The minimum atomic E-state index is -1.23. The lowest BCUT2D eigenvalue weighted by Crippen LogP contribution is -2.78. The topological polar surface area (TPSA) is 171 Å². The van der Waals surface area contributed by atoms with Gasteiger partial charge in [0.2, 0.25) is 11.8 Å². The number of nitrogens with zero attached hydrogens (tertiary/aromatic N) is 1. The lowest BCUT2D eigenvalue weighted by Gasteiger charge is -2.40. The largest absolute Gasteiger partial charge is 0.381 e. The second-order valence-electron chi connectivity index (χ2n) is 9.50. The van der Waals surface area contributed by atoms with Gasteiger partial charge in [-0.1, -0.05) is 15.9 Å². The number of benzene rings is 1. The second-order valence-corrected chi connectivity index (χ2v) is 10.4. The minimum absolute atomic E-state index is 0.0248. The molecule has 3 amide bonds. The fourth-order valence-electron chi connectivity index (χ4n) is 4.77. The van der Waals surface area contributed by atoms with E-state index in [4.69, 9.17) is 16.2 Å². The van der Waals surface area contributed by atoms with E-state index in [1.807, 2.05) is 0 Å². The summed E-state index contributed by atoms with van der Waals surface area (Å²) in [6, 6.07) is 4.90. The zero-order valence-electron chi connectivity index (χ0n) is 21.1. The molecule has 0 unspecified atom stereocenters. The first-order valence-corrected chi connectivity index (χ1v) is 13.4. The Balaban J connectivity index is 1.74. The van der Waals surface area contributed by atoms with Gasteiger partial charge < -0.3 is 20.3 Å². The summed E-state index contributed by atoms with van der Waals surface area (Å²) in [6.07, 6.45) is 2.08. The van der Waals surface area contributed by atoms with Crippen molar-refractivity contribution in [3.63, 3.8) is 0 Å². The molecule has 2 saturated heterocycles. The van der Waals surface area contributed by atoms with Crippen molar-refractivity contribution in [2.24, 2.45) is 11.5 Å². The van der Waals surface area contributed by atoms with Gasteiger partial charge in [-0.2, -0.15) is 0 Å². The summed E-state index contributed by atoms with van der Waals surface area (Å²) in [5.41, 5.74) is 9.88. The van der Waals surface area contributed by atoms with Crippen LogP contribution in [0.1, 0.15) is 48.9 Å². The maximum atomic E-state index is 13.9. The Morgan fingerprint density at radius 3 is 2.50 bits per heavy atom. The third kappa shape index (κ3) is 7.50. The molecule has 7 N–H and O–H groups in total. The number of carbonyl (C=O) groups is 4. The summed E-state index contributed by atoms with van der Waals surface area (Å²) in [7, 11) is 0. The number of hydrogen-bond acceptors (Lipinski definition) is 5. The van der Waals surface area contributed by atoms with Crippen LogP contribution in [0.25, 0.3) is 0 Å². The highest BCUT2D eigenvalue weighted by Gasteiger charge is 2.48. The number of alkyl halides is 1. The van der Waals surface area contributed by atoms with Gasteiger partial charge in [-0.25, -0.2) is 4.39 Å². The smallest absolute Gasteiger partial charge is 0.338 e. The highest BCUT2D eigenvalue weighted by atomic mass is 79.9. The van der Waals surface area contributed by atoms with Crippen LogP contribution in [-0.4, -0.2) is 85.0 Å². The van der Waals surface area contributed by atoms with Gasteiger partial charge in [0.05, 0.1) is 12.6 Å². The molecule has 38 heavy (non-hydrogen) atoms. The van der Waals surface area contributed by atoms with Crippen molar-refractivity contribution in [1.29, 1.82) is 0 Å². The first-order valence-electron chi connectivity index (χ1n) is 12.6. The van der Waals surface area contributed by atoms with E-state index in [2.05, 4.69) is 31.6 Å². The molecule has 0 bridgehead atoms. The molecule has 11 nitrogen and oxygen atoms in total. The molecule has 2 aliphatic rings. The molecule has 0 spiro atoms. The van der Waals surface area contributed by atoms with Crippen LogP contribution in [0.15, 0.2) is 28.7 Å². The van der Waals surface area contributed by atoms with Gasteiger partial charge in [0.25, 0.3) is 5.91 Å². The number of nitrogens with one attached hydrogen (secondary N) is 3. The zero-order valence-corrected chi connectivity index (χ0v) is 22.7. The summed E-state index contributed by atoms with van der Waals surface area (Å²) >= 11 is 3.34. The number of carbonyl (C=O) groups excluding carboxylic acids is 4. The van der Waals surface area contributed by atoms with Crippen LogP contribution in [0.2, 0.25) is 0 Å². The number of Topliss-reactive ketones (excluding diaryl/α,β-unsaturated/α-hetero) is 1. The summed E-state index contributed by atoms with van der Waals surface area (Å²) in [6.45, 7) is 0.0176. The number of halogens is 2. The molecule has 2 heterocycles. The Labute approximate surface area is 229 Å². The normalized spacial score (nSPS) is 19.3. The van der Waals surface area contributed by atoms with Crippen LogP contribution in [-0.2, 0) is 19.1 Å². The van der Waals surface area contributed by atoms with Crippen molar-refractivity contribution in [2.45, 2.75) is 56.1 Å². The minimum Gasteiger partial charge on any atom is -0.381 e. The Morgan fingerprint density at radius 1 is 1.18 bits per heavy atom. The third-order valence-electron chi connectivity index (χ3n) is 6.87. The van der Waals surface area contributed by atoms with Gasteiger partial charge in [-0.15, -0.1) is 0 Å². The van der Waals surface area contributed by atoms with E-state index in [-0.39, 0.29) is 44.3 Å². The molecule has 1 aromatic carbocycles. The molecular formula is C25H35BrFN6O5+. The van der Waals surface area contributed by atoms with E-state index in [9.17, 15) is 23.6 Å². The highest BCUT2D eigenvalue weighted by Crippen LogP contribution is 2.29. The lowest BCUT2D eigenvalue weighted by molar-refractivity contribution is -0.459. The molecule has 13 heteroatoms. The number of hydrogen-bond donors (Lipinski definition) is 5. The molecule has 0 aromatic heterocycles. The summed E-state index contributed by atoms with van der Waals surface area (Å²) in [4.78, 5) is 56.6. The van der Waals surface area contributed by atoms with Crippen LogP contribution < -0.4 is 27.1 Å². The van der Waals surface area contributed by atoms with Crippen LogP contribution in [0.5, 0.6) is 0 Å². The number of rotatable bonds is 11. The Hall–Kier alpha value is -3.06. The fourth-order valence-corrected chi connectivity index (χ4v) is 5.04. The average Bonchev–Trinajstić information content (AvgIpc) is 3.40. The first-order chi connectivity index (χ1) is 18.2. The van der Waals surface area contributed by atoms with E-state index in [1.54, 1.807) is 24.3 Å². The van der Waals surface area contributed by atoms with Crippen molar-refractivity contribution in [3.8, 4) is 0 Å². The number of ketones is 1. The van der Waals surface area contributed by atoms with E-state index in [0.29, 0.717) is 37.9 Å². The Bertz CT molecular complexity index is 1040. The number of ether oxygens (including phenoxy) is 1. The monoisotopic (exact) mass is 597 g/mol. The molecule has 2 aliphatic heterocycles. The Morgan fingerprint density at radius 2 is 1.87 bits per heavy atom. The van der Waals surface area contributed by atoms with E-state index < -0.39 is 41.9 Å². The fraction of sp³-hybridized carbons (Fsp3) is 0.560. The summed E-state index contributed by atoms with van der Waals surface area (Å²) in [5.74, 6) is -2.01. The van der Waals surface area contributed by atoms with Crippen LogP contribution in [0.4, 0.5) is 4.39 Å². The maximum Gasteiger partial charge on any atom is 0.338 e. The standard InChI is InChI=1S/C25H34BrFN6O5/c26-17-7-5-16(6-8-17)21(35)32-25(9-13-38-14-10-25)23(37)33-12-2-4-19(33)22(36)31-18(20(34)15-27)3-1-11-30-24(28)29/h5-8,18-19H,1-4,9-15H2,(H,31,36)(H,32,35)(H4,28,29,30)/p+1/t18-,19-/m0/s1. The summed E-state index contributed by atoms with van der Waals surface area (Å²) in [5, 5.41) is 5.56. The number of guanidine groups is 1. The number of likely N-dealkylation sites (tertiary alicyclic amines) is 1. The van der Waals surface area contributed by atoms with Gasteiger partial charge >= 0.3 is 5.96 Å². The summed E-state index contributed by atoms with van der Waals surface area (Å²) < 4.78 is 19.5. The van der Waals surface area contributed by atoms with E-state index >= 15 is 0 Å². The number of amides is 3. The number of nitrogens with two attached hydrogens (primary N) is 2. The van der Waals surface area contributed by atoms with Gasteiger partial charge in [0.15, 0.2) is 5.78 Å². The zero-order chi connectivity index (χ0) is 27.7. The van der Waals surface area contributed by atoms with Gasteiger partial charge in [0, 0.05) is 42.6 Å². The molecule has 0 aliphatic carbocycles. The molecular weight excluding hydrogens is 563 g/mol. The average molecular weight is 598 g/mol. The molecule has 3 rings (SSSR count). The van der Waals surface area contributed by atoms with E-state index in [0.717, 1.165) is 4.47 Å². The van der Waals surface area contributed by atoms with Crippen molar-refractivity contribution < 1.29 is 33.3 Å². The molecule has 2 atom stereocenters. The third-order valence-corrected chi connectivity index (χ3v) is 7.40. The predicted molar refractivity (Wildman–Crippen MR) is 140 cm³/mol. The van der Waals surface area contributed by atoms with Crippen LogP contribution >= 0.6 is 15.9 Å². The van der Waals surface area contributed by atoms with Crippen LogP contribution in [0, 0.1) is 0 Å².